The van der Waals surface area contributed by atoms with Crippen LogP contribution in [-0.4, -0.2) is 10.9 Å². The molecule has 0 unspecified atom stereocenters. The van der Waals surface area contributed by atoms with Crippen molar-refractivity contribution in [2.24, 2.45) is 5.73 Å². The van der Waals surface area contributed by atoms with Crippen LogP contribution in [0.5, 0.6) is 0 Å². The Kier molecular flexibility index (Phi) is 2.68. The molecule has 3 N–H and O–H groups in total. The molecule has 1 saturated carbocycles. The number of nitrogens with two attached hydrogens (primary N) is 1. The summed E-state index contributed by atoms with van der Waals surface area (Å²) < 4.78 is 0. The number of amides is 1. The Bertz CT molecular complexity index is 847. The van der Waals surface area contributed by atoms with Crippen LogP contribution in [0.25, 0.3) is 10.9 Å². The van der Waals surface area contributed by atoms with E-state index in [4.69, 9.17) is 17.3 Å². The zero-order chi connectivity index (χ0) is 14.6. The van der Waals surface area contributed by atoms with Gasteiger partial charge in [0.2, 0.25) is 0 Å². The van der Waals surface area contributed by atoms with Crippen molar-refractivity contribution in [1.82, 2.24) is 4.98 Å². The number of benzene rings is 1. The van der Waals surface area contributed by atoms with E-state index in [0.717, 1.165) is 29.3 Å². The maximum atomic E-state index is 11.9. The van der Waals surface area contributed by atoms with E-state index in [0.29, 0.717) is 10.7 Å². The number of aromatic nitrogens is 1. The molecule has 4 rings (SSSR count). The van der Waals surface area contributed by atoms with Crippen LogP contribution in [0.15, 0.2) is 35.7 Å². The number of rotatable bonds is 3. The zero-order valence-electron chi connectivity index (χ0n) is 11.2. The summed E-state index contributed by atoms with van der Waals surface area (Å²) in [5.41, 5.74) is 7.94. The number of thiophene rings is 1. The largest absolute Gasteiger partial charge is 0.364 e. The highest BCUT2D eigenvalue weighted by atomic mass is 35.5. The second kappa shape index (κ2) is 4.36. The lowest BCUT2D eigenvalue weighted by Gasteiger charge is -2.14. The lowest BCUT2D eigenvalue weighted by Crippen LogP contribution is -2.18. The van der Waals surface area contributed by atoms with Crippen LogP contribution >= 0.6 is 22.9 Å². The van der Waals surface area contributed by atoms with Gasteiger partial charge in [-0.15, -0.1) is 11.3 Å². The lowest BCUT2D eigenvalue weighted by molar-refractivity contribution is 0.0995. The van der Waals surface area contributed by atoms with Gasteiger partial charge in [0, 0.05) is 31.8 Å². The third-order valence-corrected chi connectivity index (χ3v) is 5.54. The highest BCUT2D eigenvalue weighted by Gasteiger charge is 2.50. The first kappa shape index (κ1) is 12.9. The Morgan fingerprint density at radius 1 is 1.33 bits per heavy atom. The molecule has 0 spiro atoms. The first-order valence-corrected chi connectivity index (χ1v) is 8.03. The second-order valence-electron chi connectivity index (χ2n) is 5.49. The van der Waals surface area contributed by atoms with E-state index in [2.05, 4.69) is 16.4 Å². The van der Waals surface area contributed by atoms with Gasteiger partial charge < -0.3 is 10.7 Å². The van der Waals surface area contributed by atoms with E-state index in [9.17, 15) is 4.79 Å². The van der Waals surface area contributed by atoms with E-state index in [1.807, 2.05) is 24.3 Å². The van der Waals surface area contributed by atoms with Gasteiger partial charge in [-0.25, -0.2) is 0 Å². The SMILES string of the molecule is NC(=O)c1[nH]c2ccc(Cl)cc2c1C1(c2cccs2)CC1. The summed E-state index contributed by atoms with van der Waals surface area (Å²) in [5, 5.41) is 3.74. The van der Waals surface area contributed by atoms with Crippen molar-refractivity contribution in [2.75, 3.05) is 0 Å². The maximum absolute atomic E-state index is 11.9. The molecule has 21 heavy (non-hydrogen) atoms. The minimum atomic E-state index is -0.417. The first-order valence-electron chi connectivity index (χ1n) is 6.77. The molecule has 1 amide bonds. The van der Waals surface area contributed by atoms with Crippen LogP contribution in [0.2, 0.25) is 5.02 Å². The van der Waals surface area contributed by atoms with E-state index >= 15 is 0 Å². The Morgan fingerprint density at radius 2 is 2.14 bits per heavy atom. The molecule has 2 aromatic heterocycles. The third kappa shape index (κ3) is 1.83. The highest BCUT2D eigenvalue weighted by Crippen LogP contribution is 2.57. The average molecular weight is 317 g/mol. The van der Waals surface area contributed by atoms with Crippen LogP contribution < -0.4 is 5.73 Å². The second-order valence-corrected chi connectivity index (χ2v) is 6.87. The van der Waals surface area contributed by atoms with Crippen molar-refractivity contribution in [3.05, 3.63) is 56.9 Å². The van der Waals surface area contributed by atoms with Gasteiger partial charge in [0.1, 0.15) is 5.69 Å². The standard InChI is InChI=1S/C16H13ClN2OS/c17-9-3-4-11-10(8-9)13(14(19-11)15(18)20)16(5-6-16)12-2-1-7-21-12/h1-4,7-8,19H,5-6H2,(H2,18,20). The summed E-state index contributed by atoms with van der Waals surface area (Å²) in [6, 6.07) is 9.82. The Balaban J connectivity index is 2.05. The van der Waals surface area contributed by atoms with Gasteiger partial charge in [-0.05, 0) is 42.5 Å². The quantitative estimate of drug-likeness (QED) is 0.752. The summed E-state index contributed by atoms with van der Waals surface area (Å²) >= 11 is 7.87. The van der Waals surface area contributed by atoms with Gasteiger partial charge in [-0.1, -0.05) is 17.7 Å². The molecular weight excluding hydrogens is 304 g/mol. The van der Waals surface area contributed by atoms with Crippen LogP contribution in [-0.2, 0) is 5.41 Å². The Labute approximate surface area is 130 Å². The fourth-order valence-electron chi connectivity index (χ4n) is 3.14. The molecule has 5 heteroatoms. The van der Waals surface area contributed by atoms with Crippen molar-refractivity contribution >= 4 is 39.7 Å². The number of primary amides is 1. The minimum Gasteiger partial charge on any atom is -0.364 e. The number of halogens is 1. The summed E-state index contributed by atoms with van der Waals surface area (Å²) in [7, 11) is 0. The van der Waals surface area contributed by atoms with Gasteiger partial charge in [0.25, 0.3) is 5.91 Å². The van der Waals surface area contributed by atoms with Crippen LogP contribution in [0.4, 0.5) is 0 Å². The third-order valence-electron chi connectivity index (χ3n) is 4.23. The Hall–Kier alpha value is -1.78. The molecule has 0 aliphatic heterocycles. The molecule has 2 heterocycles. The van der Waals surface area contributed by atoms with E-state index in [1.165, 1.54) is 4.88 Å². The van der Waals surface area contributed by atoms with Crippen molar-refractivity contribution in [1.29, 1.82) is 0 Å². The average Bonchev–Trinajstić information content (AvgIpc) is 2.91. The zero-order valence-corrected chi connectivity index (χ0v) is 12.7. The van der Waals surface area contributed by atoms with E-state index < -0.39 is 5.91 Å². The number of H-pyrrole nitrogens is 1. The number of nitrogens with one attached hydrogen (secondary N) is 1. The van der Waals surface area contributed by atoms with Crippen molar-refractivity contribution in [3.63, 3.8) is 0 Å². The fourth-order valence-corrected chi connectivity index (χ4v) is 4.31. The van der Waals surface area contributed by atoms with Crippen LogP contribution in [0, 0.1) is 0 Å². The van der Waals surface area contributed by atoms with Crippen molar-refractivity contribution < 1.29 is 4.79 Å². The van der Waals surface area contributed by atoms with Gasteiger partial charge in [-0.3, -0.25) is 4.79 Å². The summed E-state index contributed by atoms with van der Waals surface area (Å²) in [6.45, 7) is 0. The van der Waals surface area contributed by atoms with Crippen LogP contribution in [0.1, 0.15) is 33.8 Å². The molecule has 3 aromatic rings. The van der Waals surface area contributed by atoms with E-state index in [1.54, 1.807) is 11.3 Å². The van der Waals surface area contributed by atoms with Gasteiger partial charge >= 0.3 is 0 Å². The topological polar surface area (TPSA) is 58.9 Å². The lowest BCUT2D eigenvalue weighted by atomic mass is 9.91. The number of carbonyl (C=O) groups excluding carboxylic acids is 1. The fraction of sp³-hybridized carbons (Fsp3) is 0.188. The molecule has 1 aliphatic rings. The van der Waals surface area contributed by atoms with Crippen LogP contribution in [0.3, 0.4) is 0 Å². The molecule has 1 fully saturated rings. The monoisotopic (exact) mass is 316 g/mol. The summed E-state index contributed by atoms with van der Waals surface area (Å²) in [6.07, 6.45) is 2.07. The number of hydrogen-bond donors (Lipinski definition) is 2. The number of fused-ring (bicyclic) bond motifs is 1. The molecular formula is C16H13ClN2OS. The normalized spacial score (nSPS) is 16.2. The molecule has 0 saturated heterocycles. The molecule has 106 valence electrons. The number of hydrogen-bond acceptors (Lipinski definition) is 2. The molecule has 0 atom stereocenters. The highest BCUT2D eigenvalue weighted by molar-refractivity contribution is 7.10. The smallest absolute Gasteiger partial charge is 0.265 e. The maximum Gasteiger partial charge on any atom is 0.265 e. The predicted molar refractivity (Wildman–Crippen MR) is 86.2 cm³/mol. The van der Waals surface area contributed by atoms with Gasteiger partial charge in [0.05, 0.1) is 0 Å². The van der Waals surface area contributed by atoms with Gasteiger partial charge in [-0.2, -0.15) is 0 Å². The first-order chi connectivity index (χ1) is 10.1. The molecule has 0 bridgehead atoms. The summed E-state index contributed by atoms with van der Waals surface area (Å²) in [4.78, 5) is 16.3. The van der Waals surface area contributed by atoms with Crippen molar-refractivity contribution in [2.45, 2.75) is 18.3 Å². The predicted octanol–water partition coefficient (Wildman–Crippen LogP) is 4.06. The molecule has 1 aromatic carbocycles. The molecule has 1 aliphatic carbocycles. The number of aromatic amines is 1. The van der Waals surface area contributed by atoms with Gasteiger partial charge in [0.15, 0.2) is 0 Å². The van der Waals surface area contributed by atoms with E-state index in [-0.39, 0.29) is 5.41 Å². The summed E-state index contributed by atoms with van der Waals surface area (Å²) in [5.74, 6) is -0.417. The molecule has 0 radical (unpaired) electrons. The minimum absolute atomic E-state index is 0.0819. The molecule has 3 nitrogen and oxygen atoms in total. The Morgan fingerprint density at radius 3 is 2.76 bits per heavy atom. The van der Waals surface area contributed by atoms with Crippen molar-refractivity contribution in [3.8, 4) is 0 Å². The number of carbonyl (C=O) groups is 1.